The molecule has 0 saturated heterocycles. The standard InChI is InChI=1S/C15H19N3O2/c1-15(2,3)20-11-14(19)17-12-7-4-5-8-13(12)18-10-6-9-16-18/h4-10H,11H2,1-3H3,(H,17,19). The Hall–Kier alpha value is -2.14. The van der Waals surface area contributed by atoms with Gasteiger partial charge in [-0.05, 0) is 39.0 Å². The number of aromatic nitrogens is 2. The zero-order chi connectivity index (χ0) is 14.6. The van der Waals surface area contributed by atoms with E-state index in [0.29, 0.717) is 5.69 Å². The minimum Gasteiger partial charge on any atom is -0.366 e. The molecule has 1 N–H and O–H groups in total. The van der Waals surface area contributed by atoms with Gasteiger partial charge in [-0.2, -0.15) is 5.10 Å². The van der Waals surface area contributed by atoms with Crippen LogP contribution in [0, 0.1) is 0 Å². The molecule has 2 aromatic rings. The molecule has 1 amide bonds. The van der Waals surface area contributed by atoms with E-state index in [0.717, 1.165) is 5.69 Å². The number of ether oxygens (including phenoxy) is 1. The van der Waals surface area contributed by atoms with Gasteiger partial charge in [0.2, 0.25) is 5.91 Å². The molecule has 0 unspecified atom stereocenters. The minimum absolute atomic E-state index is 0.0247. The third-order valence-electron chi connectivity index (χ3n) is 2.57. The first-order valence-corrected chi connectivity index (χ1v) is 6.48. The Kier molecular flexibility index (Phi) is 4.20. The van der Waals surface area contributed by atoms with Crippen LogP contribution in [-0.2, 0) is 9.53 Å². The molecule has 5 heteroatoms. The third-order valence-corrected chi connectivity index (χ3v) is 2.57. The van der Waals surface area contributed by atoms with Gasteiger partial charge < -0.3 is 10.1 Å². The maximum Gasteiger partial charge on any atom is 0.250 e. The number of hydrogen-bond donors (Lipinski definition) is 1. The van der Waals surface area contributed by atoms with Gasteiger partial charge in [0.15, 0.2) is 0 Å². The number of nitrogens with one attached hydrogen (secondary N) is 1. The van der Waals surface area contributed by atoms with E-state index in [9.17, 15) is 4.79 Å². The summed E-state index contributed by atoms with van der Waals surface area (Å²) in [5.74, 6) is -0.181. The largest absolute Gasteiger partial charge is 0.366 e. The maximum absolute atomic E-state index is 11.9. The van der Waals surface area contributed by atoms with Crippen LogP contribution in [0.3, 0.4) is 0 Å². The number of hydrogen-bond acceptors (Lipinski definition) is 3. The van der Waals surface area contributed by atoms with Crippen LogP contribution in [0.15, 0.2) is 42.7 Å². The summed E-state index contributed by atoms with van der Waals surface area (Å²) in [5, 5.41) is 7.02. The first-order valence-electron chi connectivity index (χ1n) is 6.48. The summed E-state index contributed by atoms with van der Waals surface area (Å²) >= 11 is 0. The summed E-state index contributed by atoms with van der Waals surface area (Å²) in [6.45, 7) is 5.77. The second kappa shape index (κ2) is 5.88. The molecule has 1 heterocycles. The predicted octanol–water partition coefficient (Wildman–Crippen LogP) is 2.63. The normalized spacial score (nSPS) is 11.3. The van der Waals surface area contributed by atoms with E-state index in [1.807, 2.05) is 57.3 Å². The van der Waals surface area contributed by atoms with Gasteiger partial charge >= 0.3 is 0 Å². The lowest BCUT2D eigenvalue weighted by Gasteiger charge is -2.19. The van der Waals surface area contributed by atoms with Crippen LogP contribution >= 0.6 is 0 Å². The summed E-state index contributed by atoms with van der Waals surface area (Å²) in [6, 6.07) is 9.34. The van der Waals surface area contributed by atoms with Gasteiger partial charge in [0.1, 0.15) is 6.61 Å². The number of carbonyl (C=O) groups excluding carboxylic acids is 1. The van der Waals surface area contributed by atoms with Crippen molar-refractivity contribution in [2.45, 2.75) is 26.4 Å². The van der Waals surface area contributed by atoms with E-state index in [2.05, 4.69) is 10.4 Å². The van der Waals surface area contributed by atoms with Crippen molar-refractivity contribution in [1.82, 2.24) is 9.78 Å². The molecule has 0 aliphatic heterocycles. The number of carbonyl (C=O) groups is 1. The van der Waals surface area contributed by atoms with Crippen LogP contribution in [0.25, 0.3) is 5.69 Å². The number of anilines is 1. The van der Waals surface area contributed by atoms with Crippen LogP contribution in [0.2, 0.25) is 0 Å². The average Bonchev–Trinajstić information content (AvgIpc) is 2.90. The maximum atomic E-state index is 11.9. The molecule has 0 atom stereocenters. The van der Waals surface area contributed by atoms with Gasteiger partial charge in [-0.1, -0.05) is 12.1 Å². The number of amides is 1. The number of nitrogens with zero attached hydrogens (tertiary/aromatic N) is 2. The molecule has 1 aromatic carbocycles. The molecule has 5 nitrogen and oxygen atoms in total. The molecule has 2 rings (SSSR count). The molecule has 1 aromatic heterocycles. The van der Waals surface area contributed by atoms with E-state index in [1.54, 1.807) is 10.9 Å². The Bertz CT molecular complexity index is 571. The highest BCUT2D eigenvalue weighted by atomic mass is 16.5. The second-order valence-electron chi connectivity index (χ2n) is 5.42. The molecule has 0 bridgehead atoms. The van der Waals surface area contributed by atoms with Crippen molar-refractivity contribution in [2.75, 3.05) is 11.9 Å². The van der Waals surface area contributed by atoms with Crippen LogP contribution in [0.4, 0.5) is 5.69 Å². The van der Waals surface area contributed by atoms with Crippen molar-refractivity contribution in [3.8, 4) is 5.69 Å². The van der Waals surface area contributed by atoms with E-state index in [-0.39, 0.29) is 18.1 Å². The van der Waals surface area contributed by atoms with Crippen LogP contribution < -0.4 is 5.32 Å². The number of para-hydroxylation sites is 2. The van der Waals surface area contributed by atoms with Crippen molar-refractivity contribution in [3.63, 3.8) is 0 Å². The zero-order valence-corrected chi connectivity index (χ0v) is 12.0. The monoisotopic (exact) mass is 273 g/mol. The lowest BCUT2D eigenvalue weighted by atomic mass is 10.2. The Balaban J connectivity index is 2.08. The molecular formula is C15H19N3O2. The van der Waals surface area contributed by atoms with E-state index >= 15 is 0 Å². The van der Waals surface area contributed by atoms with Gasteiger partial charge in [-0.3, -0.25) is 4.79 Å². The average molecular weight is 273 g/mol. The molecule has 20 heavy (non-hydrogen) atoms. The van der Waals surface area contributed by atoms with Gasteiger partial charge in [0.05, 0.1) is 17.0 Å². The Morgan fingerprint density at radius 2 is 2.05 bits per heavy atom. The first kappa shape index (κ1) is 14.3. The molecule has 0 saturated carbocycles. The lowest BCUT2D eigenvalue weighted by Crippen LogP contribution is -2.27. The Labute approximate surface area is 118 Å². The van der Waals surface area contributed by atoms with Crippen LogP contribution in [-0.4, -0.2) is 27.9 Å². The predicted molar refractivity (Wildman–Crippen MR) is 77.9 cm³/mol. The summed E-state index contributed by atoms with van der Waals surface area (Å²) in [6.07, 6.45) is 3.53. The van der Waals surface area contributed by atoms with E-state index < -0.39 is 0 Å². The summed E-state index contributed by atoms with van der Waals surface area (Å²) in [4.78, 5) is 11.9. The molecule has 0 spiro atoms. The molecule has 0 fully saturated rings. The second-order valence-corrected chi connectivity index (χ2v) is 5.42. The molecule has 0 aliphatic carbocycles. The summed E-state index contributed by atoms with van der Waals surface area (Å²) in [7, 11) is 0. The summed E-state index contributed by atoms with van der Waals surface area (Å²) < 4.78 is 7.17. The summed E-state index contributed by atoms with van der Waals surface area (Å²) in [5.41, 5.74) is 1.19. The number of rotatable bonds is 4. The third kappa shape index (κ3) is 3.93. The van der Waals surface area contributed by atoms with Crippen molar-refractivity contribution in [2.24, 2.45) is 0 Å². The van der Waals surface area contributed by atoms with Gasteiger partial charge in [0.25, 0.3) is 0 Å². The van der Waals surface area contributed by atoms with Gasteiger partial charge in [-0.25, -0.2) is 4.68 Å². The minimum atomic E-state index is -0.334. The van der Waals surface area contributed by atoms with E-state index in [1.165, 1.54) is 0 Å². The van der Waals surface area contributed by atoms with Crippen molar-refractivity contribution in [3.05, 3.63) is 42.7 Å². The van der Waals surface area contributed by atoms with Crippen molar-refractivity contribution < 1.29 is 9.53 Å². The number of benzene rings is 1. The SMILES string of the molecule is CC(C)(C)OCC(=O)Nc1ccccc1-n1cccn1. The first-order chi connectivity index (χ1) is 9.46. The van der Waals surface area contributed by atoms with Crippen LogP contribution in [0.1, 0.15) is 20.8 Å². The molecule has 106 valence electrons. The van der Waals surface area contributed by atoms with Gasteiger partial charge in [0, 0.05) is 12.4 Å². The quantitative estimate of drug-likeness (QED) is 0.931. The van der Waals surface area contributed by atoms with Crippen molar-refractivity contribution in [1.29, 1.82) is 0 Å². The fraction of sp³-hybridized carbons (Fsp3) is 0.333. The highest BCUT2D eigenvalue weighted by Crippen LogP contribution is 2.19. The Morgan fingerprint density at radius 1 is 1.30 bits per heavy atom. The zero-order valence-electron chi connectivity index (χ0n) is 12.0. The van der Waals surface area contributed by atoms with Gasteiger partial charge in [-0.15, -0.1) is 0 Å². The van der Waals surface area contributed by atoms with Crippen LogP contribution in [0.5, 0.6) is 0 Å². The molecular weight excluding hydrogens is 254 g/mol. The van der Waals surface area contributed by atoms with E-state index in [4.69, 9.17) is 4.74 Å². The highest BCUT2D eigenvalue weighted by Gasteiger charge is 2.14. The molecule has 0 radical (unpaired) electrons. The molecule has 0 aliphatic rings. The highest BCUT2D eigenvalue weighted by molar-refractivity contribution is 5.93. The fourth-order valence-corrected chi connectivity index (χ4v) is 1.66. The fourth-order valence-electron chi connectivity index (χ4n) is 1.66. The topological polar surface area (TPSA) is 56.1 Å². The van der Waals surface area contributed by atoms with Crippen molar-refractivity contribution >= 4 is 11.6 Å². The lowest BCUT2D eigenvalue weighted by molar-refractivity contribution is -0.125. The smallest absolute Gasteiger partial charge is 0.250 e. The Morgan fingerprint density at radius 3 is 2.70 bits per heavy atom.